The molecule has 4 aromatic rings. The van der Waals surface area contributed by atoms with Gasteiger partial charge in [-0.2, -0.15) is 9.97 Å². The number of aromatic nitrogens is 3. The van der Waals surface area contributed by atoms with Crippen molar-refractivity contribution in [2.45, 2.75) is 6.92 Å². The fraction of sp³-hybridized carbons (Fsp3) is 0.207. The number of rotatable bonds is 6. The second-order valence-electron chi connectivity index (χ2n) is 8.97. The summed E-state index contributed by atoms with van der Waals surface area (Å²) < 4.78 is 10.2. The molecule has 1 aliphatic heterocycles. The summed E-state index contributed by atoms with van der Waals surface area (Å²) in [6, 6.07) is 21.4. The van der Waals surface area contributed by atoms with Crippen LogP contribution in [0.5, 0.6) is 0 Å². The van der Waals surface area contributed by atoms with Gasteiger partial charge in [-0.1, -0.05) is 29.8 Å². The number of nitrogens with one attached hydrogen (secondary N) is 2. The fourth-order valence-corrected chi connectivity index (χ4v) is 4.03. The van der Waals surface area contributed by atoms with Gasteiger partial charge in [0.05, 0.1) is 25.9 Å². The van der Waals surface area contributed by atoms with Crippen molar-refractivity contribution in [3.63, 3.8) is 0 Å². The number of aryl methyl sites for hydroxylation is 1. The molecule has 2 amide bonds. The first-order chi connectivity index (χ1) is 19.0. The second-order valence-corrected chi connectivity index (χ2v) is 8.97. The Morgan fingerprint density at radius 2 is 1.28 bits per heavy atom. The topological polar surface area (TPSA) is 119 Å². The molecule has 0 spiro atoms. The highest BCUT2D eigenvalue weighted by Crippen LogP contribution is 2.25. The molecule has 10 nitrogen and oxygen atoms in total. The molecular weight excluding hydrogens is 496 g/mol. The molecule has 1 saturated heterocycles. The standard InChI is InChI=1S/C29H28N6O4/c1-19-3-5-20(6-4-19)25-32-26(34-28(33-25)35-15-17-39-18-16-35)21-7-11-23(12-8-21)30-29(37)31-24-13-9-22(10-14-24)27(36)38-2/h3-14H,15-18H2,1-2H3,(H2,30,31,37). The third-order valence-corrected chi connectivity index (χ3v) is 6.19. The van der Waals surface area contributed by atoms with Gasteiger partial charge in [-0.15, -0.1) is 0 Å². The zero-order valence-electron chi connectivity index (χ0n) is 21.7. The monoisotopic (exact) mass is 524 g/mol. The summed E-state index contributed by atoms with van der Waals surface area (Å²) in [6.07, 6.45) is 0. The molecule has 1 fully saturated rings. The number of carbonyl (C=O) groups excluding carboxylic acids is 2. The van der Waals surface area contributed by atoms with Crippen LogP contribution < -0.4 is 15.5 Å². The maximum absolute atomic E-state index is 12.5. The van der Waals surface area contributed by atoms with Crippen molar-refractivity contribution in [3.05, 3.63) is 83.9 Å². The Bertz CT molecular complexity index is 1450. The number of esters is 1. The number of carbonyl (C=O) groups is 2. The number of nitrogens with zero attached hydrogens (tertiary/aromatic N) is 4. The Balaban J connectivity index is 1.33. The SMILES string of the molecule is COC(=O)c1ccc(NC(=O)Nc2ccc(-c3nc(-c4ccc(C)cc4)nc(N4CCOCC4)n3)cc2)cc1. The molecule has 0 saturated carbocycles. The minimum absolute atomic E-state index is 0.402. The Morgan fingerprint density at radius 3 is 1.82 bits per heavy atom. The number of ether oxygens (including phenoxy) is 2. The van der Waals surface area contributed by atoms with Gasteiger partial charge in [0.1, 0.15) is 0 Å². The molecule has 198 valence electrons. The van der Waals surface area contributed by atoms with Crippen molar-refractivity contribution < 1.29 is 19.1 Å². The Hall–Kier alpha value is -4.83. The largest absolute Gasteiger partial charge is 0.465 e. The van der Waals surface area contributed by atoms with Gasteiger partial charge < -0.3 is 25.0 Å². The number of methoxy groups -OCH3 is 1. The van der Waals surface area contributed by atoms with Crippen molar-refractivity contribution >= 4 is 29.3 Å². The lowest BCUT2D eigenvalue weighted by atomic mass is 10.1. The first-order valence-corrected chi connectivity index (χ1v) is 12.5. The van der Waals surface area contributed by atoms with E-state index in [1.165, 1.54) is 7.11 Å². The maximum Gasteiger partial charge on any atom is 0.337 e. The van der Waals surface area contributed by atoms with E-state index in [4.69, 9.17) is 19.7 Å². The predicted molar refractivity (Wildman–Crippen MR) is 149 cm³/mol. The van der Waals surface area contributed by atoms with E-state index in [0.29, 0.717) is 60.8 Å². The first kappa shape index (κ1) is 25.8. The van der Waals surface area contributed by atoms with Crippen LogP contribution in [0.2, 0.25) is 0 Å². The second kappa shape index (κ2) is 11.7. The lowest BCUT2D eigenvalue weighted by Gasteiger charge is -2.27. The first-order valence-electron chi connectivity index (χ1n) is 12.5. The lowest BCUT2D eigenvalue weighted by Crippen LogP contribution is -2.37. The molecule has 0 bridgehead atoms. The highest BCUT2D eigenvalue weighted by molar-refractivity contribution is 6.00. The van der Waals surface area contributed by atoms with E-state index in [1.54, 1.807) is 36.4 Å². The molecule has 1 aromatic heterocycles. The molecule has 3 aromatic carbocycles. The summed E-state index contributed by atoms with van der Waals surface area (Å²) in [4.78, 5) is 40.4. The van der Waals surface area contributed by atoms with E-state index < -0.39 is 12.0 Å². The third-order valence-electron chi connectivity index (χ3n) is 6.19. The summed E-state index contributed by atoms with van der Waals surface area (Å²) in [5.74, 6) is 1.32. The smallest absolute Gasteiger partial charge is 0.337 e. The van der Waals surface area contributed by atoms with Crippen molar-refractivity contribution in [3.8, 4) is 22.8 Å². The highest BCUT2D eigenvalue weighted by atomic mass is 16.5. The predicted octanol–water partition coefficient (Wildman–Crippen LogP) is 4.78. The van der Waals surface area contributed by atoms with Gasteiger partial charge in [-0.25, -0.2) is 14.6 Å². The van der Waals surface area contributed by atoms with Crippen LogP contribution in [0.3, 0.4) is 0 Å². The van der Waals surface area contributed by atoms with Crippen molar-refractivity contribution in [1.29, 1.82) is 0 Å². The molecule has 2 heterocycles. The number of hydrogen-bond acceptors (Lipinski definition) is 8. The molecule has 10 heteroatoms. The van der Waals surface area contributed by atoms with Crippen molar-refractivity contribution in [2.75, 3.05) is 48.9 Å². The van der Waals surface area contributed by atoms with E-state index in [1.807, 2.05) is 43.3 Å². The number of morpholine rings is 1. The summed E-state index contributed by atoms with van der Waals surface area (Å²) in [5.41, 5.74) is 4.41. The summed E-state index contributed by atoms with van der Waals surface area (Å²) in [7, 11) is 1.32. The molecule has 1 aliphatic rings. The average Bonchev–Trinajstić information content (AvgIpc) is 2.98. The normalized spacial score (nSPS) is 13.0. The molecule has 0 radical (unpaired) electrons. The van der Waals surface area contributed by atoms with Crippen LogP contribution in [0.15, 0.2) is 72.8 Å². The maximum atomic E-state index is 12.5. The van der Waals surface area contributed by atoms with Crippen LogP contribution in [0, 0.1) is 6.92 Å². The van der Waals surface area contributed by atoms with Gasteiger partial charge in [0.15, 0.2) is 11.6 Å². The Labute approximate surface area is 226 Å². The molecule has 2 N–H and O–H groups in total. The molecular formula is C29H28N6O4. The molecule has 5 rings (SSSR count). The van der Waals surface area contributed by atoms with E-state index in [9.17, 15) is 9.59 Å². The zero-order valence-corrected chi connectivity index (χ0v) is 21.7. The number of hydrogen-bond donors (Lipinski definition) is 2. The van der Waals surface area contributed by atoms with E-state index in [2.05, 4.69) is 20.3 Å². The van der Waals surface area contributed by atoms with Gasteiger partial charge in [0.2, 0.25) is 5.95 Å². The van der Waals surface area contributed by atoms with Gasteiger partial charge >= 0.3 is 12.0 Å². The Morgan fingerprint density at radius 1 is 0.769 bits per heavy atom. The van der Waals surface area contributed by atoms with E-state index >= 15 is 0 Å². The highest BCUT2D eigenvalue weighted by Gasteiger charge is 2.18. The fourth-order valence-electron chi connectivity index (χ4n) is 4.03. The summed E-state index contributed by atoms with van der Waals surface area (Å²) in [6.45, 7) is 4.70. The summed E-state index contributed by atoms with van der Waals surface area (Å²) in [5, 5.41) is 5.55. The number of urea groups is 1. The van der Waals surface area contributed by atoms with E-state index in [-0.39, 0.29) is 0 Å². The molecule has 0 unspecified atom stereocenters. The number of amides is 2. The number of anilines is 3. The minimum Gasteiger partial charge on any atom is -0.465 e. The van der Waals surface area contributed by atoms with Gasteiger partial charge in [0, 0.05) is 35.6 Å². The molecule has 0 aliphatic carbocycles. The third kappa shape index (κ3) is 6.36. The Kier molecular flexibility index (Phi) is 7.74. The van der Waals surface area contributed by atoms with Crippen LogP contribution in [-0.2, 0) is 9.47 Å². The molecule has 39 heavy (non-hydrogen) atoms. The van der Waals surface area contributed by atoms with Crippen LogP contribution in [-0.4, -0.2) is 60.4 Å². The van der Waals surface area contributed by atoms with Gasteiger partial charge in [0.25, 0.3) is 0 Å². The lowest BCUT2D eigenvalue weighted by molar-refractivity contribution is 0.0600. The summed E-state index contributed by atoms with van der Waals surface area (Å²) >= 11 is 0. The number of benzene rings is 3. The van der Waals surface area contributed by atoms with Crippen LogP contribution in [0.1, 0.15) is 15.9 Å². The average molecular weight is 525 g/mol. The van der Waals surface area contributed by atoms with Crippen molar-refractivity contribution in [2.24, 2.45) is 0 Å². The minimum atomic E-state index is -0.438. The molecule has 0 atom stereocenters. The van der Waals surface area contributed by atoms with Gasteiger partial charge in [-0.05, 0) is 55.5 Å². The van der Waals surface area contributed by atoms with Crippen LogP contribution in [0.4, 0.5) is 22.1 Å². The zero-order chi connectivity index (χ0) is 27.2. The van der Waals surface area contributed by atoms with Crippen molar-refractivity contribution in [1.82, 2.24) is 15.0 Å². The van der Waals surface area contributed by atoms with Crippen LogP contribution >= 0.6 is 0 Å². The van der Waals surface area contributed by atoms with E-state index in [0.717, 1.165) is 16.7 Å². The van der Waals surface area contributed by atoms with Crippen LogP contribution in [0.25, 0.3) is 22.8 Å². The quantitative estimate of drug-likeness (QED) is 0.346. The van der Waals surface area contributed by atoms with Gasteiger partial charge in [-0.3, -0.25) is 0 Å².